The molecule has 1 aliphatic heterocycles. The molecule has 0 atom stereocenters. The molecule has 0 radical (unpaired) electrons. The molecule has 4 heteroatoms. The van der Waals surface area contributed by atoms with E-state index >= 15 is 0 Å². The summed E-state index contributed by atoms with van der Waals surface area (Å²) in [5, 5.41) is 9.57. The van der Waals surface area contributed by atoms with Gasteiger partial charge < -0.3 is 9.47 Å². The molecule has 0 aromatic heterocycles. The van der Waals surface area contributed by atoms with Crippen molar-refractivity contribution in [2.75, 3.05) is 26.8 Å². The van der Waals surface area contributed by atoms with Crippen molar-refractivity contribution in [1.29, 1.82) is 5.26 Å². The van der Waals surface area contributed by atoms with Crippen LogP contribution in [0.25, 0.3) is 0 Å². The Balaban J connectivity index is 1.97. The molecule has 2 rings (SSSR count). The maximum Gasteiger partial charge on any atom is 0.168 e. The molecule has 102 valence electrons. The molecule has 1 heterocycles. The van der Waals surface area contributed by atoms with Crippen LogP contribution in [0.15, 0.2) is 0 Å². The molecule has 2 fully saturated rings. The first kappa shape index (κ1) is 13.8. The second kappa shape index (κ2) is 5.56. The van der Waals surface area contributed by atoms with Crippen LogP contribution < -0.4 is 0 Å². The predicted octanol–water partition coefficient (Wildman–Crippen LogP) is 2.30. The molecule has 0 bridgehead atoms. The summed E-state index contributed by atoms with van der Waals surface area (Å²) in [7, 11) is 2.08. The lowest BCUT2D eigenvalue weighted by molar-refractivity contribution is -0.188. The Morgan fingerprint density at radius 1 is 1.17 bits per heavy atom. The third kappa shape index (κ3) is 2.54. The Morgan fingerprint density at radius 3 is 2.28 bits per heavy atom. The van der Waals surface area contributed by atoms with E-state index in [4.69, 9.17) is 9.47 Å². The number of ether oxygens (including phenoxy) is 2. The van der Waals surface area contributed by atoms with E-state index in [1.54, 1.807) is 0 Å². The smallest absolute Gasteiger partial charge is 0.168 e. The van der Waals surface area contributed by atoms with Gasteiger partial charge in [-0.2, -0.15) is 5.26 Å². The van der Waals surface area contributed by atoms with E-state index in [-0.39, 0.29) is 11.3 Å². The molecule has 18 heavy (non-hydrogen) atoms. The van der Waals surface area contributed by atoms with Gasteiger partial charge in [0.1, 0.15) is 5.54 Å². The first-order valence-corrected chi connectivity index (χ1v) is 7.07. The van der Waals surface area contributed by atoms with E-state index in [0.29, 0.717) is 13.2 Å². The summed E-state index contributed by atoms with van der Waals surface area (Å²) in [6, 6.07) is 2.55. The van der Waals surface area contributed by atoms with Gasteiger partial charge >= 0.3 is 0 Å². The quantitative estimate of drug-likeness (QED) is 0.770. The lowest BCUT2D eigenvalue weighted by atomic mass is 9.78. The SMILES string of the molecule is CCCCN(C)C1(C#N)CCC2(CC1)OCCO2. The molecular formula is C14H24N2O2. The Labute approximate surface area is 110 Å². The second-order valence-corrected chi connectivity index (χ2v) is 5.53. The van der Waals surface area contributed by atoms with Gasteiger partial charge in [-0.15, -0.1) is 0 Å². The van der Waals surface area contributed by atoms with Gasteiger partial charge in [0.05, 0.1) is 19.3 Å². The van der Waals surface area contributed by atoms with Crippen LogP contribution in [0.2, 0.25) is 0 Å². The van der Waals surface area contributed by atoms with Crippen molar-refractivity contribution in [3.05, 3.63) is 0 Å². The molecule has 1 spiro atoms. The number of nitriles is 1. The van der Waals surface area contributed by atoms with Crippen LogP contribution in [-0.4, -0.2) is 43.0 Å². The third-order valence-electron chi connectivity index (χ3n) is 4.44. The highest BCUT2D eigenvalue weighted by molar-refractivity contribution is 5.11. The summed E-state index contributed by atoms with van der Waals surface area (Å²) in [6.45, 7) is 4.58. The topological polar surface area (TPSA) is 45.5 Å². The zero-order valence-electron chi connectivity index (χ0n) is 11.6. The van der Waals surface area contributed by atoms with Crippen molar-refractivity contribution >= 4 is 0 Å². The van der Waals surface area contributed by atoms with Crippen LogP contribution in [0.5, 0.6) is 0 Å². The van der Waals surface area contributed by atoms with Crippen molar-refractivity contribution in [3.63, 3.8) is 0 Å². The van der Waals surface area contributed by atoms with Crippen molar-refractivity contribution < 1.29 is 9.47 Å². The first-order valence-electron chi connectivity index (χ1n) is 7.07. The molecule has 0 unspecified atom stereocenters. The summed E-state index contributed by atoms with van der Waals surface area (Å²) in [5.41, 5.74) is -0.310. The molecular weight excluding hydrogens is 228 g/mol. The molecule has 1 aliphatic carbocycles. The lowest BCUT2D eigenvalue weighted by Gasteiger charge is -2.44. The minimum absolute atomic E-state index is 0.310. The first-order chi connectivity index (χ1) is 8.66. The Hall–Kier alpha value is -0.630. The molecule has 1 saturated carbocycles. The van der Waals surface area contributed by atoms with E-state index < -0.39 is 0 Å². The fourth-order valence-corrected chi connectivity index (χ4v) is 3.02. The average molecular weight is 252 g/mol. The van der Waals surface area contributed by atoms with E-state index in [0.717, 1.165) is 38.6 Å². The van der Waals surface area contributed by atoms with E-state index in [1.807, 2.05) is 0 Å². The van der Waals surface area contributed by atoms with Gasteiger partial charge in [0.15, 0.2) is 5.79 Å². The van der Waals surface area contributed by atoms with Crippen molar-refractivity contribution in [2.24, 2.45) is 0 Å². The number of unbranched alkanes of at least 4 members (excludes halogenated alkanes) is 1. The van der Waals surface area contributed by atoms with Gasteiger partial charge in [0, 0.05) is 12.8 Å². The van der Waals surface area contributed by atoms with Gasteiger partial charge in [-0.05, 0) is 32.9 Å². The van der Waals surface area contributed by atoms with Crippen LogP contribution >= 0.6 is 0 Å². The highest BCUT2D eigenvalue weighted by atomic mass is 16.7. The van der Waals surface area contributed by atoms with Crippen LogP contribution in [0.3, 0.4) is 0 Å². The molecule has 1 saturated heterocycles. The summed E-state index contributed by atoms with van der Waals surface area (Å²) in [6.07, 6.45) is 5.71. The average Bonchev–Trinajstić information content (AvgIpc) is 2.86. The molecule has 0 aromatic rings. The van der Waals surface area contributed by atoms with Gasteiger partial charge in [0.25, 0.3) is 0 Å². The lowest BCUT2D eigenvalue weighted by Crippen LogP contribution is -2.52. The molecule has 0 aromatic carbocycles. The Kier molecular flexibility index (Phi) is 4.26. The van der Waals surface area contributed by atoms with E-state index in [9.17, 15) is 5.26 Å². The van der Waals surface area contributed by atoms with Crippen molar-refractivity contribution in [3.8, 4) is 6.07 Å². The summed E-state index contributed by atoms with van der Waals surface area (Å²) in [5.74, 6) is -0.369. The number of hydrogen-bond acceptors (Lipinski definition) is 4. The van der Waals surface area contributed by atoms with Gasteiger partial charge in [-0.1, -0.05) is 13.3 Å². The van der Waals surface area contributed by atoms with Gasteiger partial charge in [0.2, 0.25) is 0 Å². The van der Waals surface area contributed by atoms with Gasteiger partial charge in [-0.25, -0.2) is 0 Å². The zero-order valence-corrected chi connectivity index (χ0v) is 11.6. The molecule has 2 aliphatic rings. The van der Waals surface area contributed by atoms with E-state index in [2.05, 4.69) is 24.9 Å². The van der Waals surface area contributed by atoms with Crippen LogP contribution in [0.1, 0.15) is 45.4 Å². The Morgan fingerprint density at radius 2 is 1.78 bits per heavy atom. The molecule has 4 nitrogen and oxygen atoms in total. The van der Waals surface area contributed by atoms with Crippen LogP contribution in [-0.2, 0) is 9.47 Å². The predicted molar refractivity (Wildman–Crippen MR) is 69.0 cm³/mol. The van der Waals surface area contributed by atoms with Crippen molar-refractivity contribution in [2.45, 2.75) is 56.8 Å². The number of hydrogen-bond donors (Lipinski definition) is 0. The van der Waals surface area contributed by atoms with E-state index in [1.165, 1.54) is 6.42 Å². The highest BCUT2D eigenvalue weighted by Crippen LogP contribution is 2.42. The highest BCUT2D eigenvalue weighted by Gasteiger charge is 2.48. The molecule has 0 amide bonds. The summed E-state index contributed by atoms with van der Waals surface area (Å²) in [4.78, 5) is 2.23. The zero-order chi connectivity index (χ0) is 13.1. The largest absolute Gasteiger partial charge is 0.348 e. The minimum Gasteiger partial charge on any atom is -0.348 e. The van der Waals surface area contributed by atoms with Crippen LogP contribution in [0, 0.1) is 11.3 Å². The monoisotopic (exact) mass is 252 g/mol. The second-order valence-electron chi connectivity index (χ2n) is 5.53. The standard InChI is InChI=1S/C14H24N2O2/c1-3-4-9-16(2)13(12-15)5-7-14(8-6-13)17-10-11-18-14/h3-11H2,1-2H3. The fraction of sp³-hybridized carbons (Fsp3) is 0.929. The Bertz CT molecular complexity index is 308. The van der Waals surface area contributed by atoms with Crippen molar-refractivity contribution in [1.82, 2.24) is 4.90 Å². The normalized spacial score (nSPS) is 25.4. The fourth-order valence-electron chi connectivity index (χ4n) is 3.02. The van der Waals surface area contributed by atoms with Gasteiger partial charge in [-0.3, -0.25) is 4.90 Å². The summed E-state index contributed by atoms with van der Waals surface area (Å²) < 4.78 is 11.5. The summed E-state index contributed by atoms with van der Waals surface area (Å²) >= 11 is 0. The minimum atomic E-state index is -0.369. The molecule has 0 N–H and O–H groups in total. The van der Waals surface area contributed by atoms with Crippen LogP contribution in [0.4, 0.5) is 0 Å². The number of nitrogens with zero attached hydrogens (tertiary/aromatic N) is 2. The third-order valence-corrected chi connectivity index (χ3v) is 4.44. The number of rotatable bonds is 4. The maximum atomic E-state index is 9.57. The maximum absolute atomic E-state index is 9.57.